The van der Waals surface area contributed by atoms with Crippen LogP contribution in [0.5, 0.6) is 0 Å². The van der Waals surface area contributed by atoms with E-state index in [1.807, 2.05) is 0 Å². The number of methoxy groups -OCH3 is 1. The van der Waals surface area contributed by atoms with E-state index in [0.29, 0.717) is 0 Å². The Morgan fingerprint density at radius 3 is 2.74 bits per heavy atom. The Balaban J connectivity index is 2.56. The van der Waals surface area contributed by atoms with Crippen LogP contribution in [0.25, 0.3) is 5.82 Å². The van der Waals surface area contributed by atoms with Crippen LogP contribution in [0.15, 0.2) is 24.5 Å². The maximum absolute atomic E-state index is 11.6. The molecule has 0 atom stereocenters. The number of aromatic nitrogens is 3. The normalized spacial score (nSPS) is 10.2. The maximum atomic E-state index is 11.6. The number of nitrogen functional groups attached to an aromatic ring is 1. The van der Waals surface area contributed by atoms with E-state index in [4.69, 9.17) is 11.5 Å². The number of amides is 1. The first-order chi connectivity index (χ1) is 9.04. The number of nitrogens with two attached hydrogens (primary N) is 2. The molecule has 0 spiro atoms. The van der Waals surface area contributed by atoms with Gasteiger partial charge in [0.05, 0.1) is 19.0 Å². The number of rotatable bonds is 3. The number of pyridine rings is 1. The molecule has 2 aromatic heterocycles. The largest absolute Gasteiger partial charge is 0.465 e. The van der Waals surface area contributed by atoms with E-state index in [1.54, 1.807) is 6.07 Å². The zero-order valence-corrected chi connectivity index (χ0v) is 10.0. The first kappa shape index (κ1) is 12.6. The van der Waals surface area contributed by atoms with Crippen molar-refractivity contribution in [1.29, 1.82) is 0 Å². The molecule has 0 bridgehead atoms. The Hall–Kier alpha value is -2.90. The summed E-state index contributed by atoms with van der Waals surface area (Å²) < 4.78 is 5.85. The molecule has 0 aliphatic heterocycles. The van der Waals surface area contributed by atoms with Crippen LogP contribution in [0, 0.1) is 0 Å². The summed E-state index contributed by atoms with van der Waals surface area (Å²) in [6, 6.07) is 3.10. The van der Waals surface area contributed by atoms with E-state index < -0.39 is 11.9 Å². The molecule has 19 heavy (non-hydrogen) atoms. The smallest absolute Gasteiger partial charge is 0.341 e. The van der Waals surface area contributed by atoms with Crippen LogP contribution in [0.1, 0.15) is 20.8 Å². The van der Waals surface area contributed by atoms with Gasteiger partial charge < -0.3 is 16.2 Å². The summed E-state index contributed by atoms with van der Waals surface area (Å²) in [5.74, 6) is -1.13. The first-order valence-corrected chi connectivity index (χ1v) is 5.23. The number of anilines is 1. The Bertz CT molecular complexity index is 650. The number of hydrogen-bond acceptors (Lipinski definition) is 6. The van der Waals surface area contributed by atoms with Crippen molar-refractivity contribution < 1.29 is 14.3 Å². The van der Waals surface area contributed by atoms with Gasteiger partial charge in [0, 0.05) is 6.20 Å². The van der Waals surface area contributed by atoms with Crippen LogP contribution in [0.2, 0.25) is 0 Å². The molecule has 98 valence electrons. The molecule has 0 aliphatic carbocycles. The molecule has 8 heteroatoms. The van der Waals surface area contributed by atoms with Crippen molar-refractivity contribution >= 4 is 17.6 Å². The topological polar surface area (TPSA) is 126 Å². The van der Waals surface area contributed by atoms with Crippen molar-refractivity contribution in [3.63, 3.8) is 0 Å². The molecule has 0 radical (unpaired) electrons. The van der Waals surface area contributed by atoms with E-state index in [2.05, 4.69) is 14.8 Å². The molecule has 0 saturated carbocycles. The van der Waals surface area contributed by atoms with Crippen LogP contribution in [-0.4, -0.2) is 33.8 Å². The third kappa shape index (κ3) is 2.23. The number of ether oxygens (including phenoxy) is 1. The van der Waals surface area contributed by atoms with Gasteiger partial charge in [0.15, 0.2) is 11.5 Å². The van der Waals surface area contributed by atoms with Crippen LogP contribution in [0.3, 0.4) is 0 Å². The van der Waals surface area contributed by atoms with Gasteiger partial charge in [-0.25, -0.2) is 14.5 Å². The number of esters is 1. The van der Waals surface area contributed by atoms with Gasteiger partial charge in [-0.2, -0.15) is 5.10 Å². The average Bonchev–Trinajstić information content (AvgIpc) is 2.80. The standard InChI is InChI=1S/C11H11N5O3/c1-19-11(18)6-3-2-4-14-10(6)16-5-7(12)8(15-16)9(13)17/h2-5H,12H2,1H3,(H2,13,17). The zero-order valence-electron chi connectivity index (χ0n) is 10.0. The van der Waals surface area contributed by atoms with Crippen molar-refractivity contribution in [3.8, 4) is 5.82 Å². The van der Waals surface area contributed by atoms with Gasteiger partial charge in [-0.3, -0.25) is 4.79 Å². The molecule has 0 aliphatic rings. The lowest BCUT2D eigenvalue weighted by Gasteiger charge is -2.05. The predicted molar refractivity (Wildman–Crippen MR) is 65.6 cm³/mol. The summed E-state index contributed by atoms with van der Waals surface area (Å²) >= 11 is 0. The van der Waals surface area contributed by atoms with E-state index >= 15 is 0 Å². The van der Waals surface area contributed by atoms with Crippen LogP contribution >= 0.6 is 0 Å². The average molecular weight is 261 g/mol. The number of carbonyl (C=O) groups excluding carboxylic acids is 2. The highest BCUT2D eigenvalue weighted by molar-refractivity contribution is 5.96. The molecule has 4 N–H and O–H groups in total. The summed E-state index contributed by atoms with van der Waals surface area (Å²) in [6.45, 7) is 0. The molecule has 0 fully saturated rings. The number of nitrogens with zero attached hydrogens (tertiary/aromatic N) is 3. The minimum atomic E-state index is -0.758. The Morgan fingerprint density at radius 1 is 1.42 bits per heavy atom. The molecule has 2 heterocycles. The lowest BCUT2D eigenvalue weighted by atomic mass is 10.2. The van der Waals surface area contributed by atoms with Gasteiger partial charge in [0.1, 0.15) is 5.56 Å². The van der Waals surface area contributed by atoms with Crippen molar-refractivity contribution in [2.45, 2.75) is 0 Å². The second kappa shape index (κ2) is 4.77. The van der Waals surface area contributed by atoms with Crippen LogP contribution < -0.4 is 11.5 Å². The van der Waals surface area contributed by atoms with Crippen LogP contribution in [-0.2, 0) is 4.74 Å². The van der Waals surface area contributed by atoms with Gasteiger partial charge in [0.25, 0.3) is 5.91 Å². The SMILES string of the molecule is COC(=O)c1cccnc1-n1cc(N)c(C(N)=O)n1. The third-order valence-corrected chi connectivity index (χ3v) is 2.38. The second-order valence-corrected chi connectivity index (χ2v) is 3.61. The fraction of sp³-hybridized carbons (Fsp3) is 0.0909. The molecule has 8 nitrogen and oxygen atoms in total. The van der Waals surface area contributed by atoms with Gasteiger partial charge in [0.2, 0.25) is 0 Å². The minimum absolute atomic E-state index is 0.0820. The molecule has 0 saturated heterocycles. The summed E-state index contributed by atoms with van der Waals surface area (Å²) in [7, 11) is 1.26. The summed E-state index contributed by atoms with van der Waals surface area (Å²) in [5, 5.41) is 3.90. The van der Waals surface area contributed by atoms with Crippen molar-refractivity contribution in [2.75, 3.05) is 12.8 Å². The Morgan fingerprint density at radius 2 is 2.16 bits per heavy atom. The summed E-state index contributed by atoms with van der Waals surface area (Å²) in [5.41, 5.74) is 11.0. The number of carbonyl (C=O) groups is 2. The highest BCUT2D eigenvalue weighted by atomic mass is 16.5. The van der Waals surface area contributed by atoms with Crippen molar-refractivity contribution in [2.24, 2.45) is 5.73 Å². The monoisotopic (exact) mass is 261 g/mol. The molecular weight excluding hydrogens is 250 g/mol. The quantitative estimate of drug-likeness (QED) is 0.732. The summed E-state index contributed by atoms with van der Waals surface area (Å²) in [6.07, 6.45) is 2.83. The predicted octanol–water partition coefficient (Wildman–Crippen LogP) is -0.265. The highest BCUT2D eigenvalue weighted by Crippen LogP contribution is 2.16. The third-order valence-electron chi connectivity index (χ3n) is 2.38. The minimum Gasteiger partial charge on any atom is -0.465 e. The molecule has 1 amide bonds. The van der Waals surface area contributed by atoms with Gasteiger partial charge >= 0.3 is 5.97 Å². The summed E-state index contributed by atoms with van der Waals surface area (Å²) in [4.78, 5) is 26.7. The van der Waals surface area contributed by atoms with Gasteiger partial charge in [-0.05, 0) is 12.1 Å². The fourth-order valence-corrected chi connectivity index (χ4v) is 1.54. The molecule has 0 unspecified atom stereocenters. The first-order valence-electron chi connectivity index (χ1n) is 5.23. The van der Waals surface area contributed by atoms with Gasteiger partial charge in [-0.1, -0.05) is 0 Å². The Labute approximate surface area is 108 Å². The highest BCUT2D eigenvalue weighted by Gasteiger charge is 2.18. The van der Waals surface area contributed by atoms with Crippen molar-refractivity contribution in [1.82, 2.24) is 14.8 Å². The second-order valence-electron chi connectivity index (χ2n) is 3.61. The Kier molecular flexibility index (Phi) is 3.15. The van der Waals surface area contributed by atoms with E-state index in [0.717, 1.165) is 0 Å². The maximum Gasteiger partial charge on any atom is 0.341 e. The number of primary amides is 1. The zero-order chi connectivity index (χ0) is 14.0. The number of hydrogen-bond donors (Lipinski definition) is 2. The van der Waals surface area contributed by atoms with Crippen LogP contribution in [0.4, 0.5) is 5.69 Å². The molecular formula is C11H11N5O3. The van der Waals surface area contributed by atoms with E-state index in [-0.39, 0.29) is 22.8 Å². The van der Waals surface area contributed by atoms with Crippen molar-refractivity contribution in [3.05, 3.63) is 35.8 Å². The van der Waals surface area contributed by atoms with E-state index in [9.17, 15) is 9.59 Å². The fourth-order valence-electron chi connectivity index (χ4n) is 1.54. The van der Waals surface area contributed by atoms with Gasteiger partial charge in [-0.15, -0.1) is 0 Å². The lowest BCUT2D eigenvalue weighted by Crippen LogP contribution is -2.15. The molecule has 0 aromatic carbocycles. The molecule has 2 aromatic rings. The van der Waals surface area contributed by atoms with E-state index in [1.165, 1.54) is 30.3 Å². The molecule has 2 rings (SSSR count). The lowest BCUT2D eigenvalue weighted by molar-refractivity contribution is 0.0600.